The minimum Gasteiger partial charge on any atom is -0.508 e. The van der Waals surface area contributed by atoms with Gasteiger partial charge in [0.15, 0.2) is 0 Å². The molecule has 0 saturated heterocycles. The third-order valence-electron chi connectivity index (χ3n) is 7.51. The summed E-state index contributed by atoms with van der Waals surface area (Å²) in [5.74, 6) is 0.550. The summed E-state index contributed by atoms with van der Waals surface area (Å²) in [6.07, 6.45) is 0. The van der Waals surface area contributed by atoms with Gasteiger partial charge in [-0.15, -0.1) is 0 Å². The summed E-state index contributed by atoms with van der Waals surface area (Å²) >= 11 is 0. The van der Waals surface area contributed by atoms with Crippen molar-refractivity contribution in [3.05, 3.63) is 144 Å². The van der Waals surface area contributed by atoms with Crippen LogP contribution in [0, 0.1) is 0 Å². The lowest BCUT2D eigenvalue weighted by Crippen LogP contribution is -2.28. The Morgan fingerprint density at radius 1 is 0.457 bits per heavy atom. The molecule has 2 nitrogen and oxygen atoms in total. The van der Waals surface area contributed by atoms with E-state index in [-0.39, 0.29) is 11.5 Å². The fourth-order valence-electron chi connectivity index (χ4n) is 6.08. The second-order valence-corrected chi connectivity index (χ2v) is 9.27. The molecule has 2 heteroatoms. The summed E-state index contributed by atoms with van der Waals surface area (Å²) < 4.78 is 0. The molecule has 166 valence electrons. The fourth-order valence-corrected chi connectivity index (χ4v) is 6.08. The minimum absolute atomic E-state index is 0.265. The zero-order valence-corrected chi connectivity index (χ0v) is 18.9. The standard InChI is InChI=1S/C33H22O2/c34-24-18-16-21-19-23(17-15-22(21)20-24)33(31-13-5-10-28-27(31)9-6-14-32(28)35)29-11-3-1-7-25(29)26-8-2-4-12-30(26)33/h1-20,34-35H. The SMILES string of the molecule is Oc1ccc2cc(C3(c4cccc5c(O)cccc45)c4ccccc4-c4ccccc43)ccc2c1. The van der Waals surface area contributed by atoms with Crippen LogP contribution in [0.2, 0.25) is 0 Å². The van der Waals surface area contributed by atoms with Crippen LogP contribution in [0.1, 0.15) is 22.3 Å². The zero-order chi connectivity index (χ0) is 23.6. The zero-order valence-electron chi connectivity index (χ0n) is 18.9. The molecule has 0 spiro atoms. The maximum Gasteiger partial charge on any atom is 0.123 e. The molecule has 2 N–H and O–H groups in total. The van der Waals surface area contributed by atoms with Gasteiger partial charge in [-0.2, -0.15) is 0 Å². The Hall–Kier alpha value is -4.56. The lowest BCUT2D eigenvalue weighted by Gasteiger charge is -2.35. The van der Waals surface area contributed by atoms with E-state index in [9.17, 15) is 10.2 Å². The molecular formula is C33H22O2. The van der Waals surface area contributed by atoms with E-state index in [1.54, 1.807) is 18.2 Å². The molecule has 0 aromatic heterocycles. The Morgan fingerprint density at radius 2 is 1.06 bits per heavy atom. The van der Waals surface area contributed by atoms with Crippen molar-refractivity contribution in [2.75, 3.05) is 0 Å². The first-order valence-corrected chi connectivity index (χ1v) is 11.8. The number of hydrogen-bond donors (Lipinski definition) is 2. The number of aromatic hydroxyl groups is 2. The molecule has 0 heterocycles. The first-order valence-electron chi connectivity index (χ1n) is 11.8. The van der Waals surface area contributed by atoms with E-state index in [1.165, 1.54) is 22.3 Å². The molecular weight excluding hydrogens is 428 g/mol. The first-order chi connectivity index (χ1) is 17.2. The van der Waals surface area contributed by atoms with Crippen molar-refractivity contribution >= 4 is 21.5 Å². The average molecular weight is 451 g/mol. The van der Waals surface area contributed by atoms with Crippen LogP contribution < -0.4 is 0 Å². The van der Waals surface area contributed by atoms with Crippen LogP contribution in [0.25, 0.3) is 32.7 Å². The highest BCUT2D eigenvalue weighted by atomic mass is 16.3. The Morgan fingerprint density at radius 3 is 1.83 bits per heavy atom. The molecule has 0 amide bonds. The van der Waals surface area contributed by atoms with Gasteiger partial charge in [-0.05, 0) is 73.8 Å². The van der Waals surface area contributed by atoms with Crippen LogP contribution in [-0.2, 0) is 5.41 Å². The average Bonchev–Trinajstić information content (AvgIpc) is 3.20. The number of phenols is 2. The third kappa shape index (κ3) is 2.65. The Kier molecular flexibility index (Phi) is 4.10. The largest absolute Gasteiger partial charge is 0.508 e. The van der Waals surface area contributed by atoms with Gasteiger partial charge < -0.3 is 10.2 Å². The number of fused-ring (bicyclic) bond motifs is 5. The van der Waals surface area contributed by atoms with Crippen LogP contribution in [0.15, 0.2) is 121 Å². The number of hydrogen-bond acceptors (Lipinski definition) is 2. The molecule has 0 fully saturated rings. The quantitative estimate of drug-likeness (QED) is 0.282. The summed E-state index contributed by atoms with van der Waals surface area (Å²) in [7, 11) is 0. The van der Waals surface area contributed by atoms with Crippen molar-refractivity contribution in [3.8, 4) is 22.6 Å². The van der Waals surface area contributed by atoms with Gasteiger partial charge in [0.25, 0.3) is 0 Å². The Balaban J connectivity index is 1.69. The second-order valence-electron chi connectivity index (χ2n) is 9.27. The minimum atomic E-state index is -0.563. The van der Waals surface area contributed by atoms with Crippen molar-refractivity contribution in [2.24, 2.45) is 0 Å². The molecule has 35 heavy (non-hydrogen) atoms. The normalized spacial score (nSPS) is 13.6. The highest BCUT2D eigenvalue weighted by molar-refractivity contribution is 5.97. The van der Waals surface area contributed by atoms with Gasteiger partial charge in [-0.1, -0.05) is 97.1 Å². The van der Waals surface area contributed by atoms with Gasteiger partial charge in [0.1, 0.15) is 11.5 Å². The number of rotatable bonds is 2. The van der Waals surface area contributed by atoms with E-state index in [0.717, 1.165) is 32.7 Å². The summed E-state index contributed by atoms with van der Waals surface area (Å²) in [6, 6.07) is 41.3. The van der Waals surface area contributed by atoms with E-state index >= 15 is 0 Å². The topological polar surface area (TPSA) is 40.5 Å². The molecule has 6 aromatic rings. The van der Waals surface area contributed by atoms with E-state index in [0.29, 0.717) is 0 Å². The fraction of sp³-hybridized carbons (Fsp3) is 0.0303. The van der Waals surface area contributed by atoms with Gasteiger partial charge in [-0.25, -0.2) is 0 Å². The molecule has 0 aliphatic heterocycles. The highest BCUT2D eigenvalue weighted by Crippen LogP contribution is 2.57. The smallest absolute Gasteiger partial charge is 0.123 e. The Bertz CT molecular complexity index is 1730. The molecule has 1 aliphatic carbocycles. The van der Waals surface area contributed by atoms with E-state index < -0.39 is 5.41 Å². The van der Waals surface area contributed by atoms with Crippen LogP contribution in [-0.4, -0.2) is 10.2 Å². The van der Waals surface area contributed by atoms with Crippen LogP contribution >= 0.6 is 0 Å². The van der Waals surface area contributed by atoms with Gasteiger partial charge in [0.05, 0.1) is 5.41 Å². The van der Waals surface area contributed by atoms with Gasteiger partial charge >= 0.3 is 0 Å². The second kappa shape index (κ2) is 7.22. The molecule has 0 atom stereocenters. The summed E-state index contributed by atoms with van der Waals surface area (Å²) in [4.78, 5) is 0. The Labute approximate surface area is 203 Å². The molecule has 0 bridgehead atoms. The van der Waals surface area contributed by atoms with Crippen molar-refractivity contribution < 1.29 is 10.2 Å². The highest BCUT2D eigenvalue weighted by Gasteiger charge is 2.46. The summed E-state index contributed by atoms with van der Waals surface area (Å²) in [5.41, 5.74) is 6.65. The van der Waals surface area contributed by atoms with Crippen molar-refractivity contribution in [2.45, 2.75) is 5.41 Å². The maximum atomic E-state index is 10.7. The van der Waals surface area contributed by atoms with Gasteiger partial charge in [0, 0.05) is 5.39 Å². The molecule has 6 aromatic carbocycles. The third-order valence-corrected chi connectivity index (χ3v) is 7.51. The van der Waals surface area contributed by atoms with E-state index in [2.05, 4.69) is 78.9 Å². The summed E-state index contributed by atoms with van der Waals surface area (Å²) in [6.45, 7) is 0. The monoisotopic (exact) mass is 450 g/mol. The molecule has 7 rings (SSSR count). The molecule has 0 unspecified atom stereocenters. The predicted molar refractivity (Wildman–Crippen MR) is 142 cm³/mol. The summed E-state index contributed by atoms with van der Waals surface area (Å²) in [5, 5.41) is 24.7. The van der Waals surface area contributed by atoms with Crippen LogP contribution in [0.3, 0.4) is 0 Å². The molecule has 1 aliphatic rings. The molecule has 0 saturated carbocycles. The maximum absolute atomic E-state index is 10.7. The molecule has 0 radical (unpaired) electrons. The van der Waals surface area contributed by atoms with Crippen LogP contribution in [0.4, 0.5) is 0 Å². The van der Waals surface area contributed by atoms with Crippen molar-refractivity contribution in [3.63, 3.8) is 0 Å². The van der Waals surface area contributed by atoms with Crippen LogP contribution in [0.5, 0.6) is 11.5 Å². The first kappa shape index (κ1) is 19.9. The lowest BCUT2D eigenvalue weighted by molar-refractivity contribution is 0.476. The van der Waals surface area contributed by atoms with Crippen molar-refractivity contribution in [1.29, 1.82) is 0 Å². The number of phenolic OH excluding ortho intramolecular Hbond substituents is 2. The predicted octanol–water partition coefficient (Wildman–Crippen LogP) is 7.77. The van der Waals surface area contributed by atoms with Gasteiger partial charge in [0.2, 0.25) is 0 Å². The number of benzene rings is 6. The van der Waals surface area contributed by atoms with Gasteiger partial charge in [-0.3, -0.25) is 0 Å². The van der Waals surface area contributed by atoms with Crippen molar-refractivity contribution in [1.82, 2.24) is 0 Å². The van der Waals surface area contributed by atoms with E-state index in [1.807, 2.05) is 24.3 Å². The van der Waals surface area contributed by atoms with E-state index in [4.69, 9.17) is 0 Å². The lowest BCUT2D eigenvalue weighted by atomic mass is 9.66.